The molecule has 0 saturated carbocycles. The summed E-state index contributed by atoms with van der Waals surface area (Å²) in [6.07, 6.45) is 0.878. The summed E-state index contributed by atoms with van der Waals surface area (Å²) in [6.45, 7) is 3.44. The lowest BCUT2D eigenvalue weighted by atomic mass is 10.5. The zero-order chi connectivity index (χ0) is 12.3. The molecule has 1 heterocycles. The topological polar surface area (TPSA) is 75.1 Å². The number of aliphatic hydroxyl groups excluding tert-OH is 1. The molecular formula is C9H13FN2O3S. The molecule has 0 amide bonds. The van der Waals surface area contributed by atoms with Gasteiger partial charge in [-0.1, -0.05) is 6.92 Å². The van der Waals surface area contributed by atoms with Crippen molar-refractivity contribution >= 4 is 11.8 Å². The van der Waals surface area contributed by atoms with E-state index in [1.165, 1.54) is 11.8 Å². The number of nitrogens with zero attached hydrogens (tertiary/aromatic N) is 1. The first-order chi connectivity index (χ1) is 7.45. The molecule has 5 nitrogen and oxygen atoms in total. The minimum absolute atomic E-state index is 0.0322. The van der Waals surface area contributed by atoms with Crippen molar-refractivity contribution < 1.29 is 9.50 Å². The van der Waals surface area contributed by atoms with Crippen molar-refractivity contribution in [1.82, 2.24) is 9.55 Å². The van der Waals surface area contributed by atoms with Gasteiger partial charge in [-0.2, -0.15) is 4.39 Å². The van der Waals surface area contributed by atoms with Gasteiger partial charge in [-0.05, 0) is 6.92 Å². The fourth-order valence-electron chi connectivity index (χ4n) is 1.18. The molecule has 0 bridgehead atoms. The third-order valence-electron chi connectivity index (χ3n) is 2.00. The summed E-state index contributed by atoms with van der Waals surface area (Å²) in [6, 6.07) is 0. The van der Waals surface area contributed by atoms with Gasteiger partial charge in [0.1, 0.15) is 0 Å². The summed E-state index contributed by atoms with van der Waals surface area (Å²) in [4.78, 5) is 24.1. The fraction of sp³-hybridized carbons (Fsp3) is 0.556. The summed E-state index contributed by atoms with van der Waals surface area (Å²) in [5, 5.41) is 8.43. The molecule has 0 radical (unpaired) electrons. The lowest BCUT2D eigenvalue weighted by Gasteiger charge is -2.17. The van der Waals surface area contributed by atoms with E-state index < -0.39 is 17.1 Å². The molecule has 90 valence electrons. The van der Waals surface area contributed by atoms with Crippen molar-refractivity contribution in [1.29, 1.82) is 0 Å². The van der Waals surface area contributed by atoms with E-state index in [4.69, 9.17) is 5.11 Å². The van der Waals surface area contributed by atoms with Crippen LogP contribution in [0.3, 0.4) is 0 Å². The number of rotatable bonds is 4. The van der Waals surface area contributed by atoms with Gasteiger partial charge in [0.15, 0.2) is 0 Å². The van der Waals surface area contributed by atoms with Crippen LogP contribution in [0.15, 0.2) is 15.8 Å². The van der Waals surface area contributed by atoms with E-state index in [2.05, 4.69) is 0 Å². The average Bonchev–Trinajstić information content (AvgIpc) is 2.23. The molecule has 0 saturated heterocycles. The van der Waals surface area contributed by atoms with Crippen LogP contribution in [-0.4, -0.2) is 26.5 Å². The Morgan fingerprint density at radius 1 is 1.56 bits per heavy atom. The Kier molecular flexibility index (Phi) is 4.31. The number of aromatic amines is 1. The highest BCUT2D eigenvalue weighted by Gasteiger charge is 2.13. The predicted octanol–water partition coefficient (Wildman–Crippen LogP) is 0.308. The Hall–Kier alpha value is -1.08. The molecule has 0 aliphatic rings. The molecule has 0 unspecified atom stereocenters. The molecule has 0 spiro atoms. The molecular weight excluding hydrogens is 235 g/mol. The number of aliphatic hydroxyl groups is 1. The van der Waals surface area contributed by atoms with Crippen LogP contribution in [0.2, 0.25) is 0 Å². The second-order valence-corrected chi connectivity index (χ2v) is 5.13. The first-order valence-electron chi connectivity index (χ1n) is 4.73. The standard InChI is InChI=1S/C9H13FN2O3S/c1-5(4-13)16-6(2)12-3-7(10)8(14)11-9(12)15/h3,5-6,13H,4H2,1-2H3,(H,11,14,15)/t5-,6+/m0/s1. The average molecular weight is 248 g/mol. The monoisotopic (exact) mass is 248 g/mol. The molecule has 2 atom stereocenters. The molecule has 2 N–H and O–H groups in total. The molecule has 1 aromatic rings. The van der Waals surface area contributed by atoms with E-state index in [0.29, 0.717) is 0 Å². The largest absolute Gasteiger partial charge is 0.395 e. The van der Waals surface area contributed by atoms with Crippen molar-refractivity contribution in [3.8, 4) is 0 Å². The van der Waals surface area contributed by atoms with Gasteiger partial charge in [-0.25, -0.2) is 4.79 Å². The maximum atomic E-state index is 13.0. The van der Waals surface area contributed by atoms with E-state index in [9.17, 15) is 14.0 Å². The summed E-state index contributed by atoms with van der Waals surface area (Å²) < 4.78 is 14.1. The molecule has 0 aliphatic carbocycles. The van der Waals surface area contributed by atoms with Crippen LogP contribution in [-0.2, 0) is 0 Å². The Morgan fingerprint density at radius 2 is 2.19 bits per heavy atom. The number of nitrogens with one attached hydrogen (secondary N) is 1. The molecule has 0 fully saturated rings. The Bertz CT molecular complexity index is 471. The second kappa shape index (κ2) is 5.31. The Morgan fingerprint density at radius 3 is 2.75 bits per heavy atom. The number of H-pyrrole nitrogens is 1. The number of thioether (sulfide) groups is 1. The number of hydrogen-bond acceptors (Lipinski definition) is 4. The lowest BCUT2D eigenvalue weighted by Crippen LogP contribution is -2.32. The number of aromatic nitrogens is 2. The summed E-state index contributed by atoms with van der Waals surface area (Å²) in [7, 11) is 0. The third-order valence-corrected chi connectivity index (χ3v) is 3.24. The Labute approximate surface area is 95.3 Å². The lowest BCUT2D eigenvalue weighted by molar-refractivity contribution is 0.299. The highest BCUT2D eigenvalue weighted by Crippen LogP contribution is 2.24. The molecule has 1 rings (SSSR count). The van der Waals surface area contributed by atoms with Crippen LogP contribution in [0, 0.1) is 5.82 Å². The quantitative estimate of drug-likeness (QED) is 0.804. The van der Waals surface area contributed by atoms with Crippen LogP contribution in [0.4, 0.5) is 4.39 Å². The van der Waals surface area contributed by atoms with Crippen LogP contribution in [0.5, 0.6) is 0 Å². The predicted molar refractivity (Wildman–Crippen MR) is 60.1 cm³/mol. The SMILES string of the molecule is C[C@@H](CO)S[C@H](C)n1cc(F)c(=O)[nH]c1=O. The van der Waals surface area contributed by atoms with Crippen molar-refractivity contribution in [3.63, 3.8) is 0 Å². The third kappa shape index (κ3) is 2.96. The van der Waals surface area contributed by atoms with Gasteiger partial charge in [0.05, 0.1) is 18.2 Å². The van der Waals surface area contributed by atoms with Crippen LogP contribution in [0.1, 0.15) is 19.2 Å². The normalized spacial score (nSPS) is 14.8. The van der Waals surface area contributed by atoms with E-state index in [1.54, 1.807) is 13.8 Å². The zero-order valence-corrected chi connectivity index (χ0v) is 9.75. The van der Waals surface area contributed by atoms with Gasteiger partial charge in [-0.15, -0.1) is 11.8 Å². The van der Waals surface area contributed by atoms with Gasteiger partial charge in [-0.3, -0.25) is 14.3 Å². The van der Waals surface area contributed by atoms with E-state index in [-0.39, 0.29) is 17.2 Å². The van der Waals surface area contributed by atoms with Crippen molar-refractivity contribution in [2.75, 3.05) is 6.61 Å². The van der Waals surface area contributed by atoms with Gasteiger partial charge >= 0.3 is 5.69 Å². The zero-order valence-electron chi connectivity index (χ0n) is 8.94. The van der Waals surface area contributed by atoms with E-state index in [0.717, 1.165) is 10.8 Å². The van der Waals surface area contributed by atoms with E-state index >= 15 is 0 Å². The molecule has 1 aromatic heterocycles. The minimum atomic E-state index is -1.02. The van der Waals surface area contributed by atoms with Crippen molar-refractivity contribution in [2.45, 2.75) is 24.5 Å². The van der Waals surface area contributed by atoms with Gasteiger partial charge in [0, 0.05) is 5.25 Å². The van der Waals surface area contributed by atoms with E-state index in [1.807, 2.05) is 4.98 Å². The number of halogens is 1. The smallest absolute Gasteiger partial charge is 0.329 e. The van der Waals surface area contributed by atoms with Crippen LogP contribution in [0.25, 0.3) is 0 Å². The first-order valence-corrected chi connectivity index (χ1v) is 5.67. The second-order valence-electron chi connectivity index (χ2n) is 3.37. The van der Waals surface area contributed by atoms with Crippen LogP contribution >= 0.6 is 11.8 Å². The number of hydrogen-bond donors (Lipinski definition) is 2. The maximum Gasteiger partial charge on any atom is 0.329 e. The van der Waals surface area contributed by atoms with Crippen LogP contribution < -0.4 is 11.2 Å². The Balaban J connectivity index is 3.00. The van der Waals surface area contributed by atoms with Crippen molar-refractivity contribution in [3.05, 3.63) is 32.9 Å². The molecule has 0 aliphatic heterocycles. The summed E-state index contributed by atoms with van der Waals surface area (Å²) in [5.74, 6) is -0.997. The highest BCUT2D eigenvalue weighted by atomic mass is 32.2. The van der Waals surface area contributed by atoms with Gasteiger partial charge in [0.25, 0.3) is 5.56 Å². The van der Waals surface area contributed by atoms with Gasteiger partial charge in [0.2, 0.25) is 5.82 Å². The highest BCUT2D eigenvalue weighted by molar-refractivity contribution is 7.99. The summed E-state index contributed by atoms with van der Waals surface area (Å²) in [5.41, 5.74) is -1.68. The molecule has 0 aromatic carbocycles. The minimum Gasteiger partial charge on any atom is -0.395 e. The van der Waals surface area contributed by atoms with Crippen molar-refractivity contribution in [2.24, 2.45) is 0 Å². The summed E-state index contributed by atoms with van der Waals surface area (Å²) >= 11 is 1.31. The maximum absolute atomic E-state index is 13.0. The first kappa shape index (κ1) is 13.0. The molecule has 16 heavy (non-hydrogen) atoms. The van der Waals surface area contributed by atoms with Gasteiger partial charge < -0.3 is 5.11 Å². The molecule has 7 heteroatoms. The fourth-order valence-corrected chi connectivity index (χ4v) is 2.22.